The molecular formula is C8H16N2O3. The van der Waals surface area contributed by atoms with Gasteiger partial charge in [-0.2, -0.15) is 0 Å². The second-order valence-corrected chi connectivity index (χ2v) is 3.09. The van der Waals surface area contributed by atoms with Crippen LogP contribution in [0.3, 0.4) is 0 Å². The molecule has 0 aromatic carbocycles. The summed E-state index contributed by atoms with van der Waals surface area (Å²) in [5, 5.41) is 1.84. The maximum atomic E-state index is 10.9. The lowest BCUT2D eigenvalue weighted by Gasteiger charge is -2.18. The molecule has 0 spiro atoms. The fourth-order valence-corrected chi connectivity index (χ4v) is 0.958. The highest BCUT2D eigenvalue weighted by atomic mass is 16.6. The van der Waals surface area contributed by atoms with Gasteiger partial charge in [-0.05, 0) is 12.3 Å². The molecule has 0 aliphatic heterocycles. The third-order valence-corrected chi connectivity index (χ3v) is 1.63. The van der Waals surface area contributed by atoms with Crippen molar-refractivity contribution in [1.29, 1.82) is 0 Å². The van der Waals surface area contributed by atoms with Gasteiger partial charge in [-0.25, -0.2) is 14.9 Å². The van der Waals surface area contributed by atoms with Gasteiger partial charge >= 0.3 is 12.1 Å². The summed E-state index contributed by atoms with van der Waals surface area (Å²) in [6.45, 7) is 5.78. The van der Waals surface area contributed by atoms with E-state index in [0.29, 0.717) is 6.42 Å². The van der Waals surface area contributed by atoms with E-state index in [4.69, 9.17) is 10.5 Å². The van der Waals surface area contributed by atoms with Gasteiger partial charge in [0.2, 0.25) is 0 Å². The highest BCUT2D eigenvalue weighted by Crippen LogP contribution is 2.09. The number of amides is 3. The van der Waals surface area contributed by atoms with Gasteiger partial charge in [-0.1, -0.05) is 20.8 Å². The van der Waals surface area contributed by atoms with Crippen molar-refractivity contribution >= 4 is 12.1 Å². The van der Waals surface area contributed by atoms with E-state index >= 15 is 0 Å². The number of imide groups is 1. The molecule has 3 N–H and O–H groups in total. The van der Waals surface area contributed by atoms with Gasteiger partial charge in [0.1, 0.15) is 6.10 Å². The van der Waals surface area contributed by atoms with Crippen LogP contribution in [-0.4, -0.2) is 18.2 Å². The molecule has 76 valence electrons. The molecule has 0 saturated heterocycles. The van der Waals surface area contributed by atoms with E-state index in [0.717, 1.165) is 0 Å². The largest absolute Gasteiger partial charge is 0.446 e. The Hall–Kier alpha value is -1.26. The summed E-state index contributed by atoms with van der Waals surface area (Å²) in [6, 6.07) is -0.899. The van der Waals surface area contributed by atoms with Crippen LogP contribution in [0.5, 0.6) is 0 Å². The fourth-order valence-electron chi connectivity index (χ4n) is 0.958. The highest BCUT2D eigenvalue weighted by molar-refractivity contribution is 5.89. The Labute approximate surface area is 77.6 Å². The maximum Gasteiger partial charge on any atom is 0.415 e. The van der Waals surface area contributed by atoms with E-state index < -0.39 is 12.1 Å². The Balaban J connectivity index is 3.94. The van der Waals surface area contributed by atoms with Crippen molar-refractivity contribution in [1.82, 2.24) is 5.32 Å². The van der Waals surface area contributed by atoms with Crippen LogP contribution in [0.2, 0.25) is 0 Å². The lowest BCUT2D eigenvalue weighted by Crippen LogP contribution is -2.38. The van der Waals surface area contributed by atoms with Crippen LogP contribution in [0.4, 0.5) is 9.59 Å². The number of ether oxygens (including phenoxy) is 1. The Morgan fingerprint density at radius 2 is 2.00 bits per heavy atom. The average molecular weight is 188 g/mol. The highest BCUT2D eigenvalue weighted by Gasteiger charge is 2.16. The van der Waals surface area contributed by atoms with Crippen molar-refractivity contribution in [2.45, 2.75) is 33.3 Å². The Kier molecular flexibility index (Phi) is 4.87. The van der Waals surface area contributed by atoms with Crippen molar-refractivity contribution in [3.8, 4) is 0 Å². The predicted octanol–water partition coefficient (Wildman–Crippen LogP) is 1.23. The Morgan fingerprint density at radius 1 is 1.46 bits per heavy atom. The lowest BCUT2D eigenvalue weighted by atomic mass is 10.1. The van der Waals surface area contributed by atoms with Crippen LogP contribution >= 0.6 is 0 Å². The zero-order valence-corrected chi connectivity index (χ0v) is 8.16. The molecule has 13 heavy (non-hydrogen) atoms. The molecule has 0 heterocycles. The molecule has 0 rings (SSSR count). The van der Waals surface area contributed by atoms with Gasteiger partial charge in [0.25, 0.3) is 0 Å². The molecule has 1 unspecified atom stereocenters. The number of hydrogen-bond acceptors (Lipinski definition) is 3. The molecule has 1 atom stereocenters. The van der Waals surface area contributed by atoms with Gasteiger partial charge in [0.15, 0.2) is 0 Å². The molecule has 0 aliphatic carbocycles. The quantitative estimate of drug-likeness (QED) is 0.698. The van der Waals surface area contributed by atoms with Crippen LogP contribution in [0, 0.1) is 5.92 Å². The summed E-state index contributed by atoms with van der Waals surface area (Å²) in [6.07, 6.45) is -0.253. The molecule has 0 aromatic heterocycles. The molecule has 5 heteroatoms. The second kappa shape index (κ2) is 5.40. The van der Waals surface area contributed by atoms with Crippen molar-refractivity contribution in [2.24, 2.45) is 11.7 Å². The third kappa shape index (κ3) is 5.05. The molecular weight excluding hydrogens is 172 g/mol. The van der Waals surface area contributed by atoms with E-state index in [1.807, 2.05) is 26.1 Å². The Morgan fingerprint density at radius 3 is 2.31 bits per heavy atom. The molecule has 0 saturated carbocycles. The minimum absolute atomic E-state index is 0.181. The topological polar surface area (TPSA) is 81.4 Å². The summed E-state index contributed by atoms with van der Waals surface area (Å²) >= 11 is 0. The van der Waals surface area contributed by atoms with Gasteiger partial charge in [0, 0.05) is 0 Å². The van der Waals surface area contributed by atoms with E-state index in [-0.39, 0.29) is 12.0 Å². The molecule has 0 fully saturated rings. The molecule has 0 radical (unpaired) electrons. The summed E-state index contributed by atoms with van der Waals surface area (Å²) in [5.74, 6) is 0.226. The predicted molar refractivity (Wildman–Crippen MR) is 48.1 cm³/mol. The first-order valence-electron chi connectivity index (χ1n) is 4.24. The molecule has 0 bridgehead atoms. The summed E-state index contributed by atoms with van der Waals surface area (Å²) in [5.41, 5.74) is 4.74. The van der Waals surface area contributed by atoms with Crippen molar-refractivity contribution in [3.05, 3.63) is 0 Å². The first-order valence-corrected chi connectivity index (χ1v) is 4.24. The smallest absolute Gasteiger partial charge is 0.415 e. The SMILES string of the molecule is CCC(OC(=O)NC(N)=O)C(C)C. The first-order chi connectivity index (χ1) is 5.97. The second-order valence-electron chi connectivity index (χ2n) is 3.09. The fraction of sp³-hybridized carbons (Fsp3) is 0.750. The number of nitrogens with one attached hydrogen (secondary N) is 1. The molecule has 0 aromatic rings. The van der Waals surface area contributed by atoms with Crippen LogP contribution in [-0.2, 0) is 4.74 Å². The van der Waals surface area contributed by atoms with Crippen LogP contribution < -0.4 is 11.1 Å². The Bertz CT molecular complexity index is 192. The van der Waals surface area contributed by atoms with Crippen LogP contribution in [0.25, 0.3) is 0 Å². The third-order valence-electron chi connectivity index (χ3n) is 1.63. The number of alkyl carbamates (subject to hydrolysis) is 1. The summed E-state index contributed by atoms with van der Waals surface area (Å²) in [7, 11) is 0. The number of urea groups is 1. The van der Waals surface area contributed by atoms with E-state index in [9.17, 15) is 9.59 Å². The minimum atomic E-state index is -0.899. The van der Waals surface area contributed by atoms with Gasteiger partial charge in [0.05, 0.1) is 0 Å². The average Bonchev–Trinajstić information content (AvgIpc) is 1.98. The van der Waals surface area contributed by atoms with Crippen LogP contribution in [0.15, 0.2) is 0 Å². The van der Waals surface area contributed by atoms with Gasteiger partial charge < -0.3 is 10.5 Å². The monoisotopic (exact) mass is 188 g/mol. The van der Waals surface area contributed by atoms with E-state index in [2.05, 4.69) is 0 Å². The van der Waals surface area contributed by atoms with Crippen LogP contribution in [0.1, 0.15) is 27.2 Å². The van der Waals surface area contributed by atoms with Gasteiger partial charge in [-0.3, -0.25) is 0 Å². The molecule has 5 nitrogen and oxygen atoms in total. The van der Waals surface area contributed by atoms with Crippen molar-refractivity contribution in [3.63, 3.8) is 0 Å². The number of hydrogen-bond donors (Lipinski definition) is 2. The standard InChI is InChI=1S/C8H16N2O3/c1-4-6(5(2)3)13-8(12)10-7(9)11/h5-6H,4H2,1-3H3,(H3,9,10,11,12). The van der Waals surface area contributed by atoms with Gasteiger partial charge in [-0.15, -0.1) is 0 Å². The lowest BCUT2D eigenvalue weighted by molar-refractivity contribution is 0.0709. The van der Waals surface area contributed by atoms with Crippen molar-refractivity contribution < 1.29 is 14.3 Å². The van der Waals surface area contributed by atoms with E-state index in [1.165, 1.54) is 0 Å². The zero-order chi connectivity index (χ0) is 10.4. The minimum Gasteiger partial charge on any atom is -0.446 e. The number of carbonyl (C=O) groups excluding carboxylic acids is 2. The maximum absolute atomic E-state index is 10.9. The molecule has 3 amide bonds. The molecule has 0 aliphatic rings. The first kappa shape index (κ1) is 11.7. The number of carbonyl (C=O) groups is 2. The number of rotatable bonds is 3. The number of primary amides is 1. The number of nitrogens with two attached hydrogens (primary N) is 1. The van der Waals surface area contributed by atoms with E-state index in [1.54, 1.807) is 0 Å². The summed E-state index contributed by atoms with van der Waals surface area (Å²) < 4.78 is 4.92. The summed E-state index contributed by atoms with van der Waals surface area (Å²) in [4.78, 5) is 21.2. The normalized spacial score (nSPS) is 12.3. The van der Waals surface area contributed by atoms with Crippen molar-refractivity contribution in [2.75, 3.05) is 0 Å². The zero-order valence-electron chi connectivity index (χ0n) is 8.16.